The van der Waals surface area contributed by atoms with E-state index < -0.39 is 21.0 Å². The third-order valence-corrected chi connectivity index (χ3v) is 2.42. The summed E-state index contributed by atoms with van der Waals surface area (Å²) in [6.45, 7) is 1.21. The molecule has 0 fully saturated rings. The van der Waals surface area contributed by atoms with Gasteiger partial charge in [-0.05, 0) is 6.92 Å². The van der Waals surface area contributed by atoms with Crippen LogP contribution in [0.15, 0.2) is 9.39 Å². The first-order chi connectivity index (χ1) is 4.76. The number of aliphatic carboxylic acids is 1. The lowest BCUT2D eigenvalue weighted by Crippen LogP contribution is -2.12. The molecule has 64 valence electrons. The van der Waals surface area contributed by atoms with Crippen molar-refractivity contribution in [3.8, 4) is 0 Å². The van der Waals surface area contributed by atoms with Gasteiger partial charge in [0.15, 0.2) is 4.91 Å². The number of hydrogen-bond donors (Lipinski definition) is 2. The van der Waals surface area contributed by atoms with Gasteiger partial charge in [-0.25, -0.2) is 4.79 Å². The molecule has 0 aliphatic rings. The molecular weight excluding hydrogens is 240 g/mol. The Kier molecular flexibility index (Phi) is 3.21. The zero-order valence-electron chi connectivity index (χ0n) is 5.41. The quantitative estimate of drug-likeness (QED) is 0.548. The van der Waals surface area contributed by atoms with Crippen LogP contribution in [0.3, 0.4) is 0 Å². The molecule has 0 aliphatic heterocycles. The first-order valence-corrected chi connectivity index (χ1v) is 4.57. The molecule has 0 bridgehead atoms. The number of allylic oxidation sites excluding steroid dienone is 1. The Hall–Kier alpha value is -0.400. The van der Waals surface area contributed by atoms with E-state index in [-0.39, 0.29) is 4.48 Å². The Bertz CT molecular complexity index is 296. The first-order valence-electron chi connectivity index (χ1n) is 2.34. The molecule has 0 amide bonds. The van der Waals surface area contributed by atoms with Gasteiger partial charge in [0.2, 0.25) is 0 Å². The molecule has 0 aliphatic carbocycles. The van der Waals surface area contributed by atoms with Crippen molar-refractivity contribution in [1.29, 1.82) is 0 Å². The van der Waals surface area contributed by atoms with E-state index in [1.165, 1.54) is 6.92 Å². The smallest absolute Gasteiger partial charge is 0.350 e. The van der Waals surface area contributed by atoms with Gasteiger partial charge in [0.05, 0.1) is 0 Å². The summed E-state index contributed by atoms with van der Waals surface area (Å²) in [4.78, 5) is 9.12. The molecule has 0 aromatic heterocycles. The van der Waals surface area contributed by atoms with Crippen LogP contribution in [0.25, 0.3) is 0 Å². The maximum atomic E-state index is 10.3. The van der Waals surface area contributed by atoms with E-state index in [9.17, 15) is 13.2 Å². The van der Waals surface area contributed by atoms with Crippen LogP contribution in [-0.2, 0) is 14.9 Å². The molecule has 0 saturated carbocycles. The highest BCUT2D eigenvalue weighted by Crippen LogP contribution is 2.15. The zero-order valence-corrected chi connectivity index (χ0v) is 7.81. The predicted molar refractivity (Wildman–Crippen MR) is 40.8 cm³/mol. The minimum absolute atomic E-state index is 0.146. The van der Waals surface area contributed by atoms with Crippen molar-refractivity contribution in [2.24, 2.45) is 0 Å². The second-order valence-corrected chi connectivity index (χ2v) is 4.19. The highest BCUT2D eigenvalue weighted by molar-refractivity contribution is 9.11. The maximum absolute atomic E-state index is 10.3. The molecule has 2 N–H and O–H groups in total. The molecule has 0 rings (SSSR count). The van der Waals surface area contributed by atoms with Gasteiger partial charge >= 0.3 is 16.1 Å². The molecule has 0 saturated heterocycles. The molecule has 0 radical (unpaired) electrons. The van der Waals surface area contributed by atoms with Gasteiger partial charge in [-0.15, -0.1) is 0 Å². The van der Waals surface area contributed by atoms with E-state index in [1.807, 2.05) is 0 Å². The summed E-state index contributed by atoms with van der Waals surface area (Å²) < 4.78 is 28.8. The molecular formula is C4H5BrO5S. The van der Waals surface area contributed by atoms with Gasteiger partial charge in [-0.3, -0.25) is 4.55 Å². The van der Waals surface area contributed by atoms with Crippen LogP contribution in [0.4, 0.5) is 0 Å². The van der Waals surface area contributed by atoms with Crippen molar-refractivity contribution >= 4 is 32.0 Å². The summed E-state index contributed by atoms with van der Waals surface area (Å²) in [5.74, 6) is -1.69. The second-order valence-electron chi connectivity index (χ2n) is 1.64. The Balaban J connectivity index is 5.32. The van der Waals surface area contributed by atoms with Crippen molar-refractivity contribution in [2.75, 3.05) is 0 Å². The number of carbonyl (C=O) groups is 1. The van der Waals surface area contributed by atoms with Gasteiger partial charge in [-0.2, -0.15) is 8.42 Å². The molecule has 0 aromatic rings. The summed E-state index contributed by atoms with van der Waals surface area (Å²) in [7, 11) is -4.63. The normalized spacial score (nSPS) is 14.1. The van der Waals surface area contributed by atoms with Crippen LogP contribution >= 0.6 is 15.9 Å². The number of halogens is 1. The Morgan fingerprint density at radius 3 is 1.82 bits per heavy atom. The SMILES string of the molecule is CC(Br)=C(C(=O)O)S(=O)(=O)O. The molecule has 0 aromatic carbocycles. The second kappa shape index (κ2) is 3.33. The molecule has 5 nitrogen and oxygen atoms in total. The topological polar surface area (TPSA) is 91.7 Å². The number of carboxylic acids is 1. The lowest BCUT2D eigenvalue weighted by molar-refractivity contribution is -0.131. The van der Waals surface area contributed by atoms with Crippen LogP contribution in [0.5, 0.6) is 0 Å². The standard InChI is InChI=1S/C4H5BrO5S/c1-2(5)3(4(6)7)11(8,9)10/h1H3,(H,6,7)(H,8,9,10). The highest BCUT2D eigenvalue weighted by atomic mass is 79.9. The fraction of sp³-hybridized carbons (Fsp3) is 0.250. The average molecular weight is 245 g/mol. The molecule has 0 spiro atoms. The third-order valence-electron chi connectivity index (χ3n) is 0.765. The van der Waals surface area contributed by atoms with Gasteiger partial charge in [0.25, 0.3) is 0 Å². The van der Waals surface area contributed by atoms with Crippen LogP contribution in [0.1, 0.15) is 6.92 Å². The van der Waals surface area contributed by atoms with Gasteiger partial charge in [-0.1, -0.05) is 15.9 Å². The van der Waals surface area contributed by atoms with Gasteiger partial charge in [0.1, 0.15) is 0 Å². The lowest BCUT2D eigenvalue weighted by Gasteiger charge is -1.97. The lowest BCUT2D eigenvalue weighted by atomic mass is 10.5. The van der Waals surface area contributed by atoms with E-state index >= 15 is 0 Å². The van der Waals surface area contributed by atoms with Gasteiger partial charge in [0, 0.05) is 4.48 Å². The summed E-state index contributed by atoms with van der Waals surface area (Å²) in [6, 6.07) is 0. The fourth-order valence-electron chi connectivity index (χ4n) is 0.435. The monoisotopic (exact) mass is 244 g/mol. The summed E-state index contributed by atoms with van der Waals surface area (Å²) in [5, 5.41) is 8.25. The van der Waals surface area contributed by atoms with E-state index in [0.717, 1.165) is 0 Å². The van der Waals surface area contributed by atoms with Crippen LogP contribution < -0.4 is 0 Å². The van der Waals surface area contributed by atoms with Crippen molar-refractivity contribution in [3.63, 3.8) is 0 Å². The number of hydrogen-bond acceptors (Lipinski definition) is 3. The van der Waals surface area contributed by atoms with E-state index in [0.29, 0.717) is 0 Å². The third kappa shape index (κ3) is 3.00. The van der Waals surface area contributed by atoms with Crippen molar-refractivity contribution < 1.29 is 22.9 Å². The Labute approximate surface area is 71.6 Å². The maximum Gasteiger partial charge on any atom is 0.350 e. The molecule has 0 atom stereocenters. The number of rotatable bonds is 2. The van der Waals surface area contributed by atoms with E-state index in [2.05, 4.69) is 15.9 Å². The predicted octanol–water partition coefficient (Wildman–Crippen LogP) is 0.585. The van der Waals surface area contributed by atoms with Crippen LogP contribution in [-0.4, -0.2) is 24.0 Å². The largest absolute Gasteiger partial charge is 0.477 e. The zero-order chi connectivity index (χ0) is 9.23. The van der Waals surface area contributed by atoms with Crippen molar-refractivity contribution in [1.82, 2.24) is 0 Å². The van der Waals surface area contributed by atoms with E-state index in [4.69, 9.17) is 9.66 Å². The minimum atomic E-state index is -4.63. The number of carboxylic acid groups (broad SMARTS) is 1. The van der Waals surface area contributed by atoms with Crippen molar-refractivity contribution in [3.05, 3.63) is 9.39 Å². The minimum Gasteiger partial charge on any atom is -0.477 e. The summed E-state index contributed by atoms with van der Waals surface area (Å²) in [6.07, 6.45) is 0. The average Bonchev–Trinajstić information content (AvgIpc) is 1.54. The summed E-state index contributed by atoms with van der Waals surface area (Å²) in [5.41, 5.74) is 0. The molecule has 0 unspecified atom stereocenters. The van der Waals surface area contributed by atoms with Crippen LogP contribution in [0, 0.1) is 0 Å². The Morgan fingerprint density at radius 1 is 1.45 bits per heavy atom. The summed E-state index contributed by atoms with van der Waals surface area (Å²) >= 11 is 2.64. The highest BCUT2D eigenvalue weighted by Gasteiger charge is 2.23. The Morgan fingerprint density at radius 2 is 1.82 bits per heavy atom. The first kappa shape index (κ1) is 10.6. The van der Waals surface area contributed by atoms with Crippen LogP contribution in [0.2, 0.25) is 0 Å². The van der Waals surface area contributed by atoms with Crippen molar-refractivity contribution in [2.45, 2.75) is 6.92 Å². The van der Waals surface area contributed by atoms with Gasteiger partial charge < -0.3 is 5.11 Å². The van der Waals surface area contributed by atoms with E-state index in [1.54, 1.807) is 0 Å². The molecule has 0 heterocycles. The molecule has 7 heteroatoms. The molecule has 11 heavy (non-hydrogen) atoms. The fourth-order valence-corrected chi connectivity index (χ4v) is 1.79.